The number of anilines is 2. The van der Waals surface area contributed by atoms with Crippen molar-refractivity contribution in [2.24, 2.45) is 0 Å². The van der Waals surface area contributed by atoms with E-state index in [4.69, 9.17) is 4.74 Å². The molecule has 2 N–H and O–H groups in total. The first-order chi connectivity index (χ1) is 18.4. The summed E-state index contributed by atoms with van der Waals surface area (Å²) in [5, 5.41) is 10.4. The van der Waals surface area contributed by atoms with Crippen molar-refractivity contribution >= 4 is 23.4 Å². The number of para-hydroxylation sites is 1. The summed E-state index contributed by atoms with van der Waals surface area (Å²) in [6.45, 7) is 4.09. The van der Waals surface area contributed by atoms with Gasteiger partial charge in [0.15, 0.2) is 0 Å². The number of urea groups is 1. The number of benzene rings is 3. The lowest BCUT2D eigenvalue weighted by molar-refractivity contribution is -0.116. The predicted molar refractivity (Wildman–Crippen MR) is 146 cm³/mol. The van der Waals surface area contributed by atoms with Crippen LogP contribution in [-0.4, -0.2) is 53.4 Å². The Morgan fingerprint density at radius 3 is 2.29 bits per heavy atom. The van der Waals surface area contributed by atoms with E-state index in [1.165, 1.54) is 28.8 Å². The summed E-state index contributed by atoms with van der Waals surface area (Å²) >= 11 is 0. The van der Waals surface area contributed by atoms with Crippen LogP contribution in [0.2, 0.25) is 0 Å². The second-order valence-corrected chi connectivity index (χ2v) is 8.83. The van der Waals surface area contributed by atoms with Crippen molar-refractivity contribution in [1.29, 1.82) is 0 Å². The maximum Gasteiger partial charge on any atom is 0.322 e. The number of ether oxygens (including phenoxy) is 1. The molecule has 0 radical (unpaired) electrons. The molecule has 0 saturated carbocycles. The molecular weight excluding hydrogens is 485 g/mol. The smallest absolute Gasteiger partial charge is 0.322 e. The van der Waals surface area contributed by atoms with Crippen LogP contribution in [0.5, 0.6) is 0 Å². The van der Waals surface area contributed by atoms with E-state index in [0.717, 1.165) is 16.7 Å². The minimum atomic E-state index is -0.416. The monoisotopic (exact) mass is 515 g/mol. The molecular formula is C29H30FN5O3. The molecule has 0 aliphatic carbocycles. The number of rotatable bonds is 9. The Morgan fingerprint density at radius 1 is 0.947 bits per heavy atom. The zero-order valence-corrected chi connectivity index (χ0v) is 21.6. The maximum absolute atomic E-state index is 13.6. The highest BCUT2D eigenvalue weighted by Gasteiger charge is 2.21. The Balaban J connectivity index is 1.57. The molecule has 196 valence electrons. The summed E-state index contributed by atoms with van der Waals surface area (Å²) in [6.07, 6.45) is 0. The molecule has 4 rings (SSSR count). The number of carbonyl (C=O) groups is 2. The second kappa shape index (κ2) is 12.2. The van der Waals surface area contributed by atoms with Gasteiger partial charge in [-0.15, -0.1) is 0 Å². The number of aryl methyl sites for hydroxylation is 2. The number of nitrogens with one attached hydrogen (secondary N) is 2. The summed E-state index contributed by atoms with van der Waals surface area (Å²) in [4.78, 5) is 27.7. The number of aromatic nitrogens is 2. The lowest BCUT2D eigenvalue weighted by Gasteiger charge is -2.23. The molecule has 1 heterocycles. The van der Waals surface area contributed by atoms with Gasteiger partial charge in [0, 0.05) is 31.0 Å². The fraction of sp³-hybridized carbons (Fsp3) is 0.207. The zero-order valence-electron chi connectivity index (χ0n) is 21.6. The molecule has 3 aromatic carbocycles. The molecule has 9 heteroatoms. The molecule has 0 saturated heterocycles. The number of carbonyl (C=O) groups excluding carboxylic acids is 2. The van der Waals surface area contributed by atoms with Crippen molar-refractivity contribution < 1.29 is 18.7 Å². The van der Waals surface area contributed by atoms with Crippen molar-refractivity contribution in [3.8, 4) is 16.9 Å². The van der Waals surface area contributed by atoms with Crippen LogP contribution in [0.3, 0.4) is 0 Å². The van der Waals surface area contributed by atoms with Crippen LogP contribution in [0.15, 0.2) is 78.9 Å². The van der Waals surface area contributed by atoms with E-state index in [1.54, 1.807) is 18.2 Å². The third kappa shape index (κ3) is 6.43. The van der Waals surface area contributed by atoms with Crippen LogP contribution in [0.4, 0.5) is 20.7 Å². The summed E-state index contributed by atoms with van der Waals surface area (Å²) in [5.74, 6) is -0.401. The number of hydrogen-bond donors (Lipinski definition) is 2. The molecule has 1 aromatic heterocycles. The molecule has 0 fully saturated rings. The SMILES string of the molecule is COCCN(CC(=O)Nc1cc(-c2ccccc2)nn1-c1ccc(F)cc1)C(=O)Nc1c(C)cccc1C. The van der Waals surface area contributed by atoms with E-state index >= 15 is 0 Å². The van der Waals surface area contributed by atoms with Crippen LogP contribution in [0.25, 0.3) is 16.9 Å². The molecule has 0 unspecified atom stereocenters. The number of halogens is 1. The van der Waals surface area contributed by atoms with Gasteiger partial charge in [-0.3, -0.25) is 4.79 Å². The van der Waals surface area contributed by atoms with Gasteiger partial charge in [0.2, 0.25) is 5.91 Å². The highest BCUT2D eigenvalue weighted by molar-refractivity contribution is 5.97. The first kappa shape index (κ1) is 26.6. The fourth-order valence-electron chi connectivity index (χ4n) is 4.01. The van der Waals surface area contributed by atoms with E-state index in [2.05, 4.69) is 15.7 Å². The first-order valence-electron chi connectivity index (χ1n) is 12.2. The van der Waals surface area contributed by atoms with Crippen LogP contribution < -0.4 is 10.6 Å². The predicted octanol–water partition coefficient (Wildman–Crippen LogP) is 5.41. The van der Waals surface area contributed by atoms with Gasteiger partial charge in [0.25, 0.3) is 0 Å². The van der Waals surface area contributed by atoms with Crippen molar-refractivity contribution in [2.45, 2.75) is 13.8 Å². The van der Waals surface area contributed by atoms with Gasteiger partial charge < -0.3 is 20.3 Å². The number of nitrogens with zero attached hydrogens (tertiary/aromatic N) is 3. The van der Waals surface area contributed by atoms with Gasteiger partial charge in [-0.25, -0.2) is 13.9 Å². The number of hydrogen-bond acceptors (Lipinski definition) is 4. The van der Waals surface area contributed by atoms with Gasteiger partial charge in [-0.1, -0.05) is 48.5 Å². The minimum Gasteiger partial charge on any atom is -0.383 e. The average molecular weight is 516 g/mol. The Bertz CT molecular complexity index is 1380. The Labute approximate surface area is 221 Å². The quantitative estimate of drug-likeness (QED) is 0.312. The van der Waals surface area contributed by atoms with Crippen molar-refractivity contribution in [1.82, 2.24) is 14.7 Å². The lowest BCUT2D eigenvalue weighted by Crippen LogP contribution is -2.42. The minimum absolute atomic E-state index is 0.213. The first-order valence-corrected chi connectivity index (χ1v) is 12.2. The van der Waals surface area contributed by atoms with Crippen LogP contribution in [-0.2, 0) is 9.53 Å². The standard InChI is InChI=1S/C29H30FN5O3/c1-20-8-7-9-21(2)28(20)32-29(37)34(16-17-38-3)19-27(36)31-26-18-25(22-10-5-4-6-11-22)33-35(26)24-14-12-23(30)13-15-24/h4-15,18H,16-17,19H2,1-3H3,(H,31,36)(H,32,37). The van der Waals surface area contributed by atoms with E-state index in [0.29, 0.717) is 22.9 Å². The highest BCUT2D eigenvalue weighted by atomic mass is 19.1. The number of amides is 3. The molecule has 8 nitrogen and oxygen atoms in total. The molecule has 38 heavy (non-hydrogen) atoms. The van der Waals surface area contributed by atoms with Gasteiger partial charge in [-0.05, 0) is 49.2 Å². The third-order valence-corrected chi connectivity index (χ3v) is 6.02. The van der Waals surface area contributed by atoms with Crippen molar-refractivity contribution in [3.63, 3.8) is 0 Å². The fourth-order valence-corrected chi connectivity index (χ4v) is 4.01. The summed E-state index contributed by atoms with van der Waals surface area (Å²) in [6, 6.07) is 22.4. The van der Waals surface area contributed by atoms with E-state index in [-0.39, 0.29) is 25.5 Å². The average Bonchev–Trinajstić information content (AvgIpc) is 3.33. The molecule has 0 aliphatic rings. The molecule has 0 atom stereocenters. The topological polar surface area (TPSA) is 88.5 Å². The van der Waals surface area contributed by atoms with Gasteiger partial charge in [0.1, 0.15) is 18.2 Å². The zero-order chi connectivity index (χ0) is 27.1. The van der Waals surface area contributed by atoms with Crippen LogP contribution in [0, 0.1) is 19.7 Å². The van der Waals surface area contributed by atoms with E-state index < -0.39 is 11.9 Å². The van der Waals surface area contributed by atoms with Gasteiger partial charge in [-0.2, -0.15) is 5.10 Å². The van der Waals surface area contributed by atoms with Crippen LogP contribution in [0.1, 0.15) is 11.1 Å². The van der Waals surface area contributed by atoms with Gasteiger partial charge in [0.05, 0.1) is 18.0 Å². The summed E-state index contributed by atoms with van der Waals surface area (Å²) in [5.41, 5.74) is 4.63. The number of methoxy groups -OCH3 is 1. The molecule has 3 amide bonds. The largest absolute Gasteiger partial charge is 0.383 e. The molecule has 0 spiro atoms. The van der Waals surface area contributed by atoms with Crippen LogP contribution >= 0.6 is 0 Å². The van der Waals surface area contributed by atoms with Crippen molar-refractivity contribution in [2.75, 3.05) is 37.4 Å². The highest BCUT2D eigenvalue weighted by Crippen LogP contribution is 2.25. The Hall–Kier alpha value is -4.50. The van der Waals surface area contributed by atoms with E-state index in [1.807, 2.05) is 62.4 Å². The molecule has 0 bridgehead atoms. The molecule has 0 aliphatic heterocycles. The lowest BCUT2D eigenvalue weighted by atomic mass is 10.1. The van der Waals surface area contributed by atoms with E-state index in [9.17, 15) is 14.0 Å². The Morgan fingerprint density at radius 2 is 1.63 bits per heavy atom. The summed E-state index contributed by atoms with van der Waals surface area (Å²) in [7, 11) is 1.54. The summed E-state index contributed by atoms with van der Waals surface area (Å²) < 4.78 is 20.3. The normalized spacial score (nSPS) is 10.7. The molecule has 4 aromatic rings. The third-order valence-electron chi connectivity index (χ3n) is 6.02. The van der Waals surface area contributed by atoms with Gasteiger partial charge >= 0.3 is 6.03 Å². The van der Waals surface area contributed by atoms with Crippen molar-refractivity contribution in [3.05, 3.63) is 95.8 Å². The Kier molecular flexibility index (Phi) is 8.50. The second-order valence-electron chi connectivity index (χ2n) is 8.83. The maximum atomic E-state index is 13.6.